The van der Waals surface area contributed by atoms with Crippen molar-refractivity contribution in [2.45, 2.75) is 38.6 Å². The van der Waals surface area contributed by atoms with Gasteiger partial charge in [-0.25, -0.2) is 4.98 Å². The molecule has 1 unspecified atom stereocenters. The largest absolute Gasteiger partial charge is 0.315 e. The first-order chi connectivity index (χ1) is 9.29. The van der Waals surface area contributed by atoms with Crippen LogP contribution in [0.2, 0.25) is 0 Å². The van der Waals surface area contributed by atoms with Crippen LogP contribution in [-0.4, -0.2) is 12.0 Å². The zero-order chi connectivity index (χ0) is 13.2. The molecule has 1 aliphatic rings. The van der Waals surface area contributed by atoms with E-state index in [0.29, 0.717) is 5.92 Å². The lowest BCUT2D eigenvalue weighted by Crippen LogP contribution is -2.10. The molecule has 0 bridgehead atoms. The van der Waals surface area contributed by atoms with Crippen molar-refractivity contribution in [3.8, 4) is 0 Å². The molecule has 0 amide bonds. The molecule has 1 N–H and O–H groups in total. The molecule has 1 aliphatic carbocycles. The van der Waals surface area contributed by atoms with Gasteiger partial charge in [-0.15, -0.1) is 11.3 Å². The molecule has 2 aromatic rings. The Morgan fingerprint density at radius 1 is 1.37 bits per heavy atom. The monoisotopic (exact) mass is 272 g/mol. The lowest BCUT2D eigenvalue weighted by Gasteiger charge is -2.23. The molecule has 1 aromatic heterocycles. The number of benzene rings is 1. The van der Waals surface area contributed by atoms with Crippen LogP contribution in [0.15, 0.2) is 24.3 Å². The Morgan fingerprint density at radius 2 is 2.21 bits per heavy atom. The number of hydrogen-bond donors (Lipinski definition) is 1. The van der Waals surface area contributed by atoms with Gasteiger partial charge in [-0.2, -0.15) is 0 Å². The van der Waals surface area contributed by atoms with Crippen LogP contribution >= 0.6 is 11.3 Å². The van der Waals surface area contributed by atoms with E-state index in [2.05, 4.69) is 36.5 Å². The van der Waals surface area contributed by atoms with Gasteiger partial charge < -0.3 is 5.32 Å². The van der Waals surface area contributed by atoms with E-state index in [4.69, 9.17) is 4.98 Å². The molecular weight excluding hydrogens is 252 g/mol. The van der Waals surface area contributed by atoms with Crippen LogP contribution in [0.4, 0.5) is 0 Å². The number of thiazole rings is 1. The summed E-state index contributed by atoms with van der Waals surface area (Å²) in [6.07, 6.45) is 3.74. The first kappa shape index (κ1) is 12.8. The summed E-state index contributed by atoms with van der Waals surface area (Å²) in [4.78, 5) is 6.21. The molecule has 3 heteroatoms. The zero-order valence-electron chi connectivity index (χ0n) is 11.6. The minimum Gasteiger partial charge on any atom is -0.315 e. The van der Waals surface area contributed by atoms with Gasteiger partial charge in [-0.05, 0) is 44.4 Å². The zero-order valence-corrected chi connectivity index (χ0v) is 12.4. The van der Waals surface area contributed by atoms with Gasteiger partial charge in [0.2, 0.25) is 0 Å². The van der Waals surface area contributed by atoms with Gasteiger partial charge in [0.25, 0.3) is 0 Å². The lowest BCUT2D eigenvalue weighted by atomic mass is 9.83. The highest BCUT2D eigenvalue weighted by atomic mass is 32.1. The van der Waals surface area contributed by atoms with E-state index >= 15 is 0 Å². The fraction of sp³-hybridized carbons (Fsp3) is 0.438. The van der Waals surface area contributed by atoms with Crippen LogP contribution in [0.25, 0.3) is 0 Å². The van der Waals surface area contributed by atoms with Crippen molar-refractivity contribution in [2.75, 3.05) is 7.05 Å². The normalized spacial score (nSPS) is 18.3. The van der Waals surface area contributed by atoms with Crippen molar-refractivity contribution in [3.05, 3.63) is 51.0 Å². The highest BCUT2D eigenvalue weighted by molar-refractivity contribution is 7.11. The van der Waals surface area contributed by atoms with Crippen molar-refractivity contribution in [1.29, 1.82) is 0 Å². The van der Waals surface area contributed by atoms with Gasteiger partial charge in [0, 0.05) is 17.3 Å². The van der Waals surface area contributed by atoms with Gasteiger partial charge in [0.1, 0.15) is 5.01 Å². The third kappa shape index (κ3) is 2.45. The van der Waals surface area contributed by atoms with Crippen LogP contribution in [0, 0.1) is 6.92 Å². The number of fused-ring (bicyclic) bond motifs is 1. The summed E-state index contributed by atoms with van der Waals surface area (Å²) in [5.41, 5.74) is 4.21. The maximum absolute atomic E-state index is 4.83. The highest BCUT2D eigenvalue weighted by Crippen LogP contribution is 2.38. The molecule has 1 atom stereocenters. The third-order valence-electron chi connectivity index (χ3n) is 3.91. The predicted octanol–water partition coefficient (Wildman–Crippen LogP) is 3.64. The molecule has 2 nitrogen and oxygen atoms in total. The van der Waals surface area contributed by atoms with E-state index in [1.807, 2.05) is 18.4 Å². The quantitative estimate of drug-likeness (QED) is 0.922. The lowest BCUT2D eigenvalue weighted by molar-refractivity contribution is 0.612. The minimum atomic E-state index is 0.513. The Hall–Kier alpha value is -1.19. The number of hydrogen-bond acceptors (Lipinski definition) is 3. The van der Waals surface area contributed by atoms with Crippen LogP contribution < -0.4 is 5.32 Å². The second-order valence-electron chi connectivity index (χ2n) is 5.23. The third-order valence-corrected chi connectivity index (χ3v) is 5.19. The standard InChI is InChI=1S/C16H20N2S/c1-11-15(10-17-2)19-16(18-11)14-9-5-7-12-6-3-4-8-13(12)14/h3-4,6,8,14,17H,5,7,9-10H2,1-2H3. The number of aromatic nitrogens is 1. The summed E-state index contributed by atoms with van der Waals surface area (Å²) in [5.74, 6) is 0.513. The first-order valence-electron chi connectivity index (χ1n) is 6.98. The van der Waals surface area contributed by atoms with Crippen molar-refractivity contribution < 1.29 is 0 Å². The molecule has 0 radical (unpaired) electrons. The van der Waals surface area contributed by atoms with E-state index in [1.54, 1.807) is 0 Å². The Kier molecular flexibility index (Phi) is 3.67. The fourth-order valence-corrected chi connectivity index (χ4v) is 4.17. The summed E-state index contributed by atoms with van der Waals surface area (Å²) in [6.45, 7) is 3.05. The summed E-state index contributed by atoms with van der Waals surface area (Å²) in [6, 6.07) is 8.87. The summed E-state index contributed by atoms with van der Waals surface area (Å²) in [5, 5.41) is 4.53. The first-order valence-corrected chi connectivity index (χ1v) is 7.80. The summed E-state index contributed by atoms with van der Waals surface area (Å²) >= 11 is 1.88. The Balaban J connectivity index is 1.97. The average molecular weight is 272 g/mol. The van der Waals surface area contributed by atoms with E-state index in [-0.39, 0.29) is 0 Å². The number of nitrogens with zero attached hydrogens (tertiary/aromatic N) is 1. The van der Waals surface area contributed by atoms with Gasteiger partial charge in [0.05, 0.1) is 5.69 Å². The molecule has 0 saturated heterocycles. The van der Waals surface area contributed by atoms with E-state index < -0.39 is 0 Å². The maximum Gasteiger partial charge on any atom is 0.101 e. The van der Waals surface area contributed by atoms with E-state index in [1.165, 1.54) is 46.0 Å². The highest BCUT2D eigenvalue weighted by Gasteiger charge is 2.24. The topological polar surface area (TPSA) is 24.9 Å². The second-order valence-corrected chi connectivity index (χ2v) is 6.35. The smallest absolute Gasteiger partial charge is 0.101 e. The van der Waals surface area contributed by atoms with E-state index in [0.717, 1.165) is 6.54 Å². The van der Waals surface area contributed by atoms with Crippen molar-refractivity contribution in [3.63, 3.8) is 0 Å². The van der Waals surface area contributed by atoms with Gasteiger partial charge in [-0.3, -0.25) is 0 Å². The van der Waals surface area contributed by atoms with Crippen LogP contribution in [0.5, 0.6) is 0 Å². The molecule has 0 saturated carbocycles. The van der Waals surface area contributed by atoms with Crippen LogP contribution in [0.1, 0.15) is 45.5 Å². The minimum absolute atomic E-state index is 0.513. The van der Waals surface area contributed by atoms with Crippen LogP contribution in [-0.2, 0) is 13.0 Å². The fourth-order valence-electron chi connectivity index (χ4n) is 2.93. The predicted molar refractivity (Wildman–Crippen MR) is 80.8 cm³/mol. The SMILES string of the molecule is CNCc1sc(C2CCCc3ccccc32)nc1C. The Bertz CT molecular complexity index is 574. The van der Waals surface area contributed by atoms with Gasteiger partial charge in [0.15, 0.2) is 0 Å². The Morgan fingerprint density at radius 3 is 3.05 bits per heavy atom. The van der Waals surface area contributed by atoms with E-state index in [9.17, 15) is 0 Å². The number of nitrogens with one attached hydrogen (secondary N) is 1. The molecule has 0 spiro atoms. The van der Waals surface area contributed by atoms with Crippen molar-refractivity contribution in [2.24, 2.45) is 0 Å². The molecule has 1 aromatic carbocycles. The molecular formula is C16H20N2S. The van der Waals surface area contributed by atoms with Crippen molar-refractivity contribution in [1.82, 2.24) is 10.3 Å². The number of aryl methyl sites for hydroxylation is 2. The van der Waals surface area contributed by atoms with Crippen LogP contribution in [0.3, 0.4) is 0 Å². The molecule has 3 rings (SSSR count). The molecule has 1 heterocycles. The molecule has 0 aliphatic heterocycles. The van der Waals surface area contributed by atoms with Gasteiger partial charge >= 0.3 is 0 Å². The maximum atomic E-state index is 4.83. The molecule has 100 valence electrons. The number of rotatable bonds is 3. The Labute approximate surface area is 118 Å². The summed E-state index contributed by atoms with van der Waals surface area (Å²) < 4.78 is 0. The van der Waals surface area contributed by atoms with Gasteiger partial charge in [-0.1, -0.05) is 24.3 Å². The molecule has 19 heavy (non-hydrogen) atoms. The second kappa shape index (κ2) is 5.43. The van der Waals surface area contributed by atoms with Crippen molar-refractivity contribution >= 4 is 11.3 Å². The summed E-state index contributed by atoms with van der Waals surface area (Å²) in [7, 11) is 1.99. The average Bonchev–Trinajstić information content (AvgIpc) is 2.80. The molecule has 0 fully saturated rings.